The molecule has 0 aliphatic carbocycles. The van der Waals surface area contributed by atoms with E-state index in [1.54, 1.807) is 6.26 Å². The van der Waals surface area contributed by atoms with E-state index in [1.165, 1.54) is 24.0 Å². The second-order valence-corrected chi connectivity index (χ2v) is 6.59. The van der Waals surface area contributed by atoms with Gasteiger partial charge in [0.2, 0.25) is 5.89 Å². The van der Waals surface area contributed by atoms with Crippen LogP contribution in [0.25, 0.3) is 11.5 Å². The highest BCUT2D eigenvalue weighted by molar-refractivity contribution is 5.53. The van der Waals surface area contributed by atoms with Gasteiger partial charge < -0.3 is 4.42 Å². The Morgan fingerprint density at radius 2 is 2.08 bits per heavy atom. The maximum atomic E-state index is 5.69. The van der Waals surface area contributed by atoms with Crippen LogP contribution in [0, 0.1) is 6.92 Å². The zero-order valence-corrected chi connectivity index (χ0v) is 14.1. The topological polar surface area (TPSA) is 47.1 Å². The molecule has 1 aromatic carbocycles. The van der Waals surface area contributed by atoms with Crippen molar-refractivity contribution in [3.63, 3.8) is 0 Å². The molecule has 1 saturated heterocycles. The van der Waals surface area contributed by atoms with Gasteiger partial charge in [-0.2, -0.15) is 5.10 Å². The van der Waals surface area contributed by atoms with Gasteiger partial charge in [0.25, 0.3) is 0 Å². The van der Waals surface area contributed by atoms with Crippen molar-refractivity contribution in [2.24, 2.45) is 7.05 Å². The van der Waals surface area contributed by atoms with Gasteiger partial charge in [-0.15, -0.1) is 0 Å². The fraction of sp³-hybridized carbons (Fsp3) is 0.368. The van der Waals surface area contributed by atoms with Crippen molar-refractivity contribution in [3.05, 3.63) is 59.7 Å². The van der Waals surface area contributed by atoms with E-state index in [1.807, 2.05) is 17.9 Å². The van der Waals surface area contributed by atoms with Crippen molar-refractivity contribution >= 4 is 0 Å². The molecular formula is C19H22N4O. The second-order valence-electron chi connectivity index (χ2n) is 6.59. The van der Waals surface area contributed by atoms with Crippen molar-refractivity contribution in [3.8, 4) is 11.5 Å². The molecule has 3 aromatic rings. The zero-order valence-electron chi connectivity index (χ0n) is 14.1. The number of likely N-dealkylation sites (tertiary alicyclic amines) is 1. The lowest BCUT2D eigenvalue weighted by Gasteiger charge is -2.22. The van der Waals surface area contributed by atoms with Crippen molar-refractivity contribution in [2.45, 2.75) is 32.4 Å². The van der Waals surface area contributed by atoms with Crippen molar-refractivity contribution in [1.29, 1.82) is 0 Å². The van der Waals surface area contributed by atoms with Crippen LogP contribution in [0.4, 0.5) is 0 Å². The number of nitrogens with zero attached hydrogens (tertiary/aromatic N) is 4. The molecule has 0 amide bonds. The molecule has 0 saturated carbocycles. The van der Waals surface area contributed by atoms with Crippen LogP contribution >= 0.6 is 0 Å². The van der Waals surface area contributed by atoms with Gasteiger partial charge in [-0.3, -0.25) is 9.58 Å². The zero-order chi connectivity index (χ0) is 16.5. The van der Waals surface area contributed by atoms with Gasteiger partial charge in [0.15, 0.2) is 0 Å². The molecule has 1 aliphatic rings. The minimum absolute atomic E-state index is 0.429. The van der Waals surface area contributed by atoms with Crippen LogP contribution in [0.3, 0.4) is 0 Å². The standard InChI is InChI=1S/C19H22N4O/c1-14-5-7-15(8-6-14)19-21-17(13-24-19)12-23-9-3-4-18(23)16-10-20-22(2)11-16/h5-8,10-11,13,18H,3-4,9,12H2,1-2H3/t18-/m0/s1. The summed E-state index contributed by atoms with van der Waals surface area (Å²) in [5.74, 6) is 0.696. The predicted molar refractivity (Wildman–Crippen MR) is 92.3 cm³/mol. The minimum Gasteiger partial charge on any atom is -0.444 e. The molecule has 1 atom stereocenters. The Morgan fingerprint density at radius 1 is 1.25 bits per heavy atom. The first-order chi connectivity index (χ1) is 11.7. The molecule has 4 rings (SSSR count). The highest BCUT2D eigenvalue weighted by atomic mass is 16.3. The lowest BCUT2D eigenvalue weighted by molar-refractivity contribution is 0.245. The molecule has 1 aliphatic heterocycles. The summed E-state index contributed by atoms with van der Waals surface area (Å²) in [7, 11) is 1.97. The molecule has 0 bridgehead atoms. The number of rotatable bonds is 4. The summed E-state index contributed by atoms with van der Waals surface area (Å²) in [6.45, 7) is 3.98. The molecule has 5 heteroatoms. The number of hydrogen-bond acceptors (Lipinski definition) is 4. The number of benzene rings is 1. The van der Waals surface area contributed by atoms with Crippen molar-refractivity contribution in [1.82, 2.24) is 19.7 Å². The molecule has 3 heterocycles. The van der Waals surface area contributed by atoms with Crippen molar-refractivity contribution < 1.29 is 4.42 Å². The fourth-order valence-corrected chi connectivity index (χ4v) is 3.42. The van der Waals surface area contributed by atoms with Gasteiger partial charge in [0, 0.05) is 37.0 Å². The largest absolute Gasteiger partial charge is 0.444 e. The Labute approximate surface area is 141 Å². The van der Waals surface area contributed by atoms with E-state index in [0.29, 0.717) is 11.9 Å². The lowest BCUT2D eigenvalue weighted by atomic mass is 10.1. The van der Waals surface area contributed by atoms with Crippen molar-refractivity contribution in [2.75, 3.05) is 6.54 Å². The monoisotopic (exact) mass is 322 g/mol. The first kappa shape index (κ1) is 15.1. The van der Waals surface area contributed by atoms with E-state index in [2.05, 4.69) is 52.4 Å². The van der Waals surface area contributed by atoms with E-state index in [4.69, 9.17) is 4.42 Å². The van der Waals surface area contributed by atoms with Gasteiger partial charge in [-0.1, -0.05) is 17.7 Å². The maximum absolute atomic E-state index is 5.69. The lowest BCUT2D eigenvalue weighted by Crippen LogP contribution is -2.22. The molecule has 0 N–H and O–H groups in total. The SMILES string of the molecule is Cc1ccc(-c2nc(CN3CCC[C@H]3c3cnn(C)c3)co2)cc1. The molecule has 2 aromatic heterocycles. The smallest absolute Gasteiger partial charge is 0.226 e. The highest BCUT2D eigenvalue weighted by Gasteiger charge is 2.27. The summed E-state index contributed by atoms with van der Waals surface area (Å²) in [4.78, 5) is 7.14. The molecular weight excluding hydrogens is 300 g/mol. The second kappa shape index (κ2) is 6.24. The van der Waals surface area contributed by atoms with Crippen LogP contribution in [-0.2, 0) is 13.6 Å². The summed E-state index contributed by atoms with van der Waals surface area (Å²) in [6.07, 6.45) is 8.26. The number of aryl methyl sites for hydroxylation is 2. The van der Waals surface area contributed by atoms with Gasteiger partial charge in [-0.05, 0) is 38.4 Å². The van der Waals surface area contributed by atoms with Crippen LogP contribution in [0.15, 0.2) is 47.3 Å². The first-order valence-corrected chi connectivity index (χ1v) is 8.43. The van der Waals surface area contributed by atoms with Crippen LogP contribution < -0.4 is 0 Å². The average Bonchev–Trinajstić information content (AvgIpc) is 3.30. The van der Waals surface area contributed by atoms with E-state index in [-0.39, 0.29) is 0 Å². The molecule has 24 heavy (non-hydrogen) atoms. The highest BCUT2D eigenvalue weighted by Crippen LogP contribution is 2.33. The van der Waals surface area contributed by atoms with Gasteiger partial charge >= 0.3 is 0 Å². The van der Waals surface area contributed by atoms with E-state index in [9.17, 15) is 0 Å². The molecule has 0 spiro atoms. The van der Waals surface area contributed by atoms with Crippen LogP contribution in [0.1, 0.15) is 35.7 Å². The number of aromatic nitrogens is 3. The van der Waals surface area contributed by atoms with Crippen LogP contribution in [-0.4, -0.2) is 26.2 Å². The third kappa shape index (κ3) is 2.99. The third-order valence-corrected chi connectivity index (χ3v) is 4.69. The maximum Gasteiger partial charge on any atom is 0.226 e. The molecule has 0 unspecified atom stereocenters. The Morgan fingerprint density at radius 3 is 2.83 bits per heavy atom. The van der Waals surface area contributed by atoms with E-state index < -0.39 is 0 Å². The van der Waals surface area contributed by atoms with Crippen LogP contribution in [0.2, 0.25) is 0 Å². The first-order valence-electron chi connectivity index (χ1n) is 8.43. The summed E-state index contributed by atoms with van der Waals surface area (Å²) in [5.41, 5.74) is 4.54. The van der Waals surface area contributed by atoms with Gasteiger partial charge in [0.05, 0.1) is 11.9 Å². The fourth-order valence-electron chi connectivity index (χ4n) is 3.42. The quantitative estimate of drug-likeness (QED) is 0.734. The number of oxazole rings is 1. The molecule has 1 fully saturated rings. The predicted octanol–water partition coefficient (Wildman–Crippen LogP) is 3.72. The minimum atomic E-state index is 0.429. The molecule has 0 radical (unpaired) electrons. The Hall–Kier alpha value is -2.40. The molecule has 5 nitrogen and oxygen atoms in total. The average molecular weight is 322 g/mol. The van der Waals surface area contributed by atoms with Crippen LogP contribution in [0.5, 0.6) is 0 Å². The van der Waals surface area contributed by atoms with E-state index in [0.717, 1.165) is 24.3 Å². The Bertz CT molecular complexity index is 818. The normalized spacial score (nSPS) is 18.3. The summed E-state index contributed by atoms with van der Waals surface area (Å²) >= 11 is 0. The summed E-state index contributed by atoms with van der Waals surface area (Å²) < 4.78 is 7.56. The van der Waals surface area contributed by atoms with Gasteiger partial charge in [0.1, 0.15) is 6.26 Å². The van der Waals surface area contributed by atoms with E-state index >= 15 is 0 Å². The Kier molecular flexibility index (Phi) is 3.94. The molecule has 124 valence electrons. The third-order valence-electron chi connectivity index (χ3n) is 4.69. The summed E-state index contributed by atoms with van der Waals surface area (Å²) in [6, 6.07) is 8.70. The summed E-state index contributed by atoms with van der Waals surface area (Å²) in [5, 5.41) is 4.31. The Balaban J connectivity index is 1.50. The van der Waals surface area contributed by atoms with Gasteiger partial charge in [-0.25, -0.2) is 4.98 Å². The number of hydrogen-bond donors (Lipinski definition) is 0.